The van der Waals surface area contributed by atoms with E-state index in [2.05, 4.69) is 19.9 Å². The fourth-order valence-electron chi connectivity index (χ4n) is 3.57. The van der Waals surface area contributed by atoms with Gasteiger partial charge in [0.15, 0.2) is 0 Å². The first-order chi connectivity index (χ1) is 12.1. The van der Waals surface area contributed by atoms with Crippen LogP contribution in [-0.2, 0) is 7.05 Å². The summed E-state index contributed by atoms with van der Waals surface area (Å²) in [6.45, 7) is 1.52. The number of rotatable bonds is 3. The second kappa shape index (κ2) is 6.40. The van der Waals surface area contributed by atoms with Gasteiger partial charge >= 0.3 is 0 Å². The highest BCUT2D eigenvalue weighted by molar-refractivity contribution is 5.89. The van der Waals surface area contributed by atoms with Crippen LogP contribution in [-0.4, -0.2) is 37.7 Å². The van der Waals surface area contributed by atoms with Gasteiger partial charge in [-0.25, -0.2) is 19.3 Å². The SMILES string of the molecule is Cn1ccnc1C(O)C1CCN(c2ncnc3ccc(F)cc23)CC1. The number of aliphatic hydroxyl groups is 1. The first-order valence-corrected chi connectivity index (χ1v) is 8.44. The summed E-state index contributed by atoms with van der Waals surface area (Å²) in [6.07, 6.45) is 6.15. The minimum Gasteiger partial charge on any atom is -0.385 e. The van der Waals surface area contributed by atoms with E-state index in [0.717, 1.165) is 42.7 Å². The van der Waals surface area contributed by atoms with Crippen LogP contribution in [0.2, 0.25) is 0 Å². The molecule has 0 bridgehead atoms. The van der Waals surface area contributed by atoms with Crippen molar-refractivity contribution < 1.29 is 9.50 Å². The molecule has 6 nitrogen and oxygen atoms in total. The molecule has 1 atom stereocenters. The minimum atomic E-state index is -0.568. The molecule has 0 saturated carbocycles. The van der Waals surface area contributed by atoms with Crippen molar-refractivity contribution in [3.8, 4) is 0 Å². The van der Waals surface area contributed by atoms with Gasteiger partial charge in [-0.2, -0.15) is 0 Å². The van der Waals surface area contributed by atoms with E-state index in [9.17, 15) is 9.50 Å². The number of benzene rings is 1. The largest absolute Gasteiger partial charge is 0.385 e. The number of nitrogens with zero attached hydrogens (tertiary/aromatic N) is 5. The van der Waals surface area contributed by atoms with Crippen molar-refractivity contribution in [2.45, 2.75) is 18.9 Å². The second-order valence-electron chi connectivity index (χ2n) is 6.52. The quantitative estimate of drug-likeness (QED) is 0.793. The van der Waals surface area contributed by atoms with Crippen molar-refractivity contribution >= 4 is 16.7 Å². The van der Waals surface area contributed by atoms with E-state index in [-0.39, 0.29) is 11.7 Å². The van der Waals surface area contributed by atoms with E-state index < -0.39 is 6.10 Å². The van der Waals surface area contributed by atoms with Crippen LogP contribution in [0.4, 0.5) is 10.2 Å². The van der Waals surface area contributed by atoms with Gasteiger partial charge in [-0.05, 0) is 37.0 Å². The molecule has 1 unspecified atom stereocenters. The molecule has 0 radical (unpaired) electrons. The van der Waals surface area contributed by atoms with Gasteiger partial charge < -0.3 is 14.6 Å². The molecule has 4 rings (SSSR count). The van der Waals surface area contributed by atoms with E-state index >= 15 is 0 Å². The van der Waals surface area contributed by atoms with Crippen molar-refractivity contribution in [2.24, 2.45) is 13.0 Å². The van der Waals surface area contributed by atoms with E-state index in [1.54, 1.807) is 12.3 Å². The fraction of sp³-hybridized carbons (Fsp3) is 0.389. The number of aliphatic hydroxyl groups excluding tert-OH is 1. The summed E-state index contributed by atoms with van der Waals surface area (Å²) in [7, 11) is 1.89. The van der Waals surface area contributed by atoms with Crippen LogP contribution in [0.25, 0.3) is 10.9 Å². The van der Waals surface area contributed by atoms with Crippen LogP contribution in [0.15, 0.2) is 36.9 Å². The fourth-order valence-corrected chi connectivity index (χ4v) is 3.57. The zero-order valence-electron chi connectivity index (χ0n) is 14.0. The molecule has 25 heavy (non-hydrogen) atoms. The second-order valence-corrected chi connectivity index (χ2v) is 6.52. The number of halogens is 1. The van der Waals surface area contributed by atoms with Crippen molar-refractivity contribution in [1.29, 1.82) is 0 Å². The monoisotopic (exact) mass is 341 g/mol. The maximum absolute atomic E-state index is 13.6. The van der Waals surface area contributed by atoms with Gasteiger partial charge in [-0.3, -0.25) is 0 Å². The molecule has 1 aromatic carbocycles. The van der Waals surface area contributed by atoms with Gasteiger partial charge in [0.25, 0.3) is 0 Å². The number of anilines is 1. The molecule has 3 aromatic rings. The zero-order chi connectivity index (χ0) is 17.4. The summed E-state index contributed by atoms with van der Waals surface area (Å²) in [4.78, 5) is 15.0. The molecule has 1 aliphatic heterocycles. The molecule has 0 spiro atoms. The molecule has 7 heteroatoms. The van der Waals surface area contributed by atoms with Crippen molar-refractivity contribution in [3.05, 3.63) is 48.6 Å². The molecule has 1 aliphatic rings. The lowest BCUT2D eigenvalue weighted by Crippen LogP contribution is -2.36. The van der Waals surface area contributed by atoms with E-state index in [1.807, 2.05) is 17.8 Å². The third kappa shape index (κ3) is 2.95. The number of hydrogen-bond donors (Lipinski definition) is 1. The van der Waals surface area contributed by atoms with E-state index in [0.29, 0.717) is 5.82 Å². The van der Waals surface area contributed by atoms with Gasteiger partial charge in [0.05, 0.1) is 5.52 Å². The lowest BCUT2D eigenvalue weighted by atomic mass is 9.90. The molecule has 3 heterocycles. The molecule has 1 N–H and O–H groups in total. The van der Waals surface area contributed by atoms with Gasteiger partial charge in [0, 0.05) is 37.9 Å². The topological polar surface area (TPSA) is 67.1 Å². The van der Waals surface area contributed by atoms with Crippen molar-refractivity contribution in [1.82, 2.24) is 19.5 Å². The van der Waals surface area contributed by atoms with Crippen molar-refractivity contribution in [2.75, 3.05) is 18.0 Å². The molecule has 2 aromatic heterocycles. The van der Waals surface area contributed by atoms with E-state index in [1.165, 1.54) is 18.5 Å². The predicted molar refractivity (Wildman–Crippen MR) is 92.6 cm³/mol. The Morgan fingerprint density at radius 2 is 2.00 bits per heavy atom. The Bertz CT molecular complexity index is 888. The van der Waals surface area contributed by atoms with Crippen molar-refractivity contribution in [3.63, 3.8) is 0 Å². The third-order valence-electron chi connectivity index (χ3n) is 4.99. The van der Waals surface area contributed by atoms with Gasteiger partial charge in [0.1, 0.15) is 29.9 Å². The highest BCUT2D eigenvalue weighted by Crippen LogP contribution is 2.33. The highest BCUT2D eigenvalue weighted by atomic mass is 19.1. The van der Waals surface area contributed by atoms with Crippen LogP contribution in [0.3, 0.4) is 0 Å². The van der Waals surface area contributed by atoms with Gasteiger partial charge in [0.2, 0.25) is 0 Å². The van der Waals surface area contributed by atoms with E-state index in [4.69, 9.17) is 0 Å². The summed E-state index contributed by atoms with van der Waals surface area (Å²) >= 11 is 0. The number of fused-ring (bicyclic) bond motifs is 1. The number of aromatic nitrogens is 4. The number of piperidine rings is 1. The molecule has 1 fully saturated rings. The Kier molecular flexibility index (Phi) is 4.09. The molecule has 0 aliphatic carbocycles. The number of aryl methyl sites for hydroxylation is 1. The summed E-state index contributed by atoms with van der Waals surface area (Å²) in [5.41, 5.74) is 0.738. The maximum atomic E-state index is 13.6. The summed E-state index contributed by atoms with van der Waals surface area (Å²) in [5.74, 6) is 1.33. The number of hydrogen-bond acceptors (Lipinski definition) is 5. The Morgan fingerprint density at radius 3 is 2.72 bits per heavy atom. The number of imidazole rings is 1. The van der Waals surface area contributed by atoms with Crippen LogP contribution < -0.4 is 4.90 Å². The first-order valence-electron chi connectivity index (χ1n) is 8.44. The summed E-state index contributed by atoms with van der Waals surface area (Å²) < 4.78 is 15.5. The minimum absolute atomic E-state index is 0.155. The molecule has 1 saturated heterocycles. The third-order valence-corrected chi connectivity index (χ3v) is 4.99. The van der Waals surface area contributed by atoms with Gasteiger partial charge in [-0.15, -0.1) is 0 Å². The standard InChI is InChI=1S/C18H20FN5O/c1-23-9-6-20-18(23)16(25)12-4-7-24(8-5-12)17-14-10-13(19)2-3-15(14)21-11-22-17/h2-3,6,9-12,16,25H,4-5,7-8H2,1H3. The molecular formula is C18H20FN5O. The van der Waals surface area contributed by atoms with Gasteiger partial charge in [-0.1, -0.05) is 0 Å². The molecule has 0 amide bonds. The van der Waals surface area contributed by atoms with Crippen LogP contribution in [0.1, 0.15) is 24.8 Å². The smallest absolute Gasteiger partial charge is 0.139 e. The lowest BCUT2D eigenvalue weighted by Gasteiger charge is -2.35. The zero-order valence-corrected chi connectivity index (χ0v) is 14.0. The van der Waals surface area contributed by atoms with Crippen LogP contribution in [0, 0.1) is 11.7 Å². The Morgan fingerprint density at radius 1 is 1.20 bits per heavy atom. The van der Waals surface area contributed by atoms with Crippen LogP contribution in [0.5, 0.6) is 0 Å². The Balaban J connectivity index is 1.53. The maximum Gasteiger partial charge on any atom is 0.139 e. The summed E-state index contributed by atoms with van der Waals surface area (Å²) in [6, 6.07) is 4.57. The summed E-state index contributed by atoms with van der Waals surface area (Å²) in [5, 5.41) is 11.3. The Labute approximate surface area is 145 Å². The average Bonchev–Trinajstić information content (AvgIpc) is 3.06. The lowest BCUT2D eigenvalue weighted by molar-refractivity contribution is 0.0824. The predicted octanol–water partition coefficient (Wildman–Crippen LogP) is 2.45. The molecule has 130 valence electrons. The first kappa shape index (κ1) is 16.0. The molecular weight excluding hydrogens is 321 g/mol. The normalized spacial score (nSPS) is 17.2. The Hall–Kier alpha value is -2.54. The highest BCUT2D eigenvalue weighted by Gasteiger charge is 2.29. The van der Waals surface area contributed by atoms with Crippen LogP contribution >= 0.6 is 0 Å². The average molecular weight is 341 g/mol.